The van der Waals surface area contributed by atoms with Crippen LogP contribution in [0.5, 0.6) is 5.75 Å². The Morgan fingerprint density at radius 3 is 2.48 bits per heavy atom. The van der Waals surface area contributed by atoms with E-state index in [0.29, 0.717) is 23.0 Å². The topological polar surface area (TPSA) is 75.7 Å². The summed E-state index contributed by atoms with van der Waals surface area (Å²) >= 11 is 0. The van der Waals surface area contributed by atoms with Crippen LogP contribution in [0.4, 0.5) is 11.4 Å². The lowest BCUT2D eigenvalue weighted by Crippen LogP contribution is -2.49. The van der Waals surface area contributed by atoms with E-state index in [4.69, 9.17) is 4.74 Å². The average Bonchev–Trinajstić information content (AvgIpc) is 2.67. The minimum Gasteiger partial charge on any atom is -0.476 e. The third kappa shape index (κ3) is 4.08. The Balaban J connectivity index is 1.81. The molecule has 0 spiro atoms. The zero-order chi connectivity index (χ0) is 19.6. The normalized spacial score (nSPS) is 16.6. The van der Waals surface area contributed by atoms with Crippen LogP contribution in [0.25, 0.3) is 0 Å². The first kappa shape index (κ1) is 19.2. The molecule has 7 heteroatoms. The highest BCUT2D eigenvalue weighted by Crippen LogP contribution is 2.35. The maximum absolute atomic E-state index is 12.7. The second kappa shape index (κ2) is 7.60. The number of hydrogen-bond donors (Lipinski definition) is 1. The highest BCUT2D eigenvalue weighted by atomic mass is 32.2. The van der Waals surface area contributed by atoms with E-state index in [1.54, 1.807) is 31.2 Å². The number of hydrogen-bond acceptors (Lipinski definition) is 4. The maximum atomic E-state index is 12.7. The lowest BCUT2D eigenvalue weighted by atomic mass is 10.0. The number of nitrogens with zero attached hydrogens (tertiary/aromatic N) is 1. The summed E-state index contributed by atoms with van der Waals surface area (Å²) in [6, 6.07) is 14.5. The average molecular weight is 388 g/mol. The van der Waals surface area contributed by atoms with Crippen LogP contribution in [-0.2, 0) is 14.8 Å². The highest BCUT2D eigenvalue weighted by Gasteiger charge is 2.35. The van der Waals surface area contributed by atoms with Gasteiger partial charge in [-0.15, -0.1) is 0 Å². The quantitative estimate of drug-likeness (QED) is 0.852. The summed E-state index contributed by atoms with van der Waals surface area (Å²) in [7, 11) is -3.52. The van der Waals surface area contributed by atoms with Gasteiger partial charge in [-0.3, -0.25) is 9.10 Å². The van der Waals surface area contributed by atoms with Crippen LogP contribution in [0.3, 0.4) is 0 Å². The number of nitrogens with one attached hydrogen (secondary N) is 1. The lowest BCUT2D eigenvalue weighted by Gasteiger charge is -2.34. The van der Waals surface area contributed by atoms with Crippen molar-refractivity contribution in [1.29, 1.82) is 0 Å². The smallest absolute Gasteiger partial charge is 0.267 e. The zero-order valence-corrected chi connectivity index (χ0v) is 16.5. The van der Waals surface area contributed by atoms with Crippen molar-refractivity contribution in [3.63, 3.8) is 0 Å². The van der Waals surface area contributed by atoms with Gasteiger partial charge in [0, 0.05) is 5.69 Å². The fraction of sp³-hybridized carbons (Fsp3) is 0.350. The van der Waals surface area contributed by atoms with Crippen molar-refractivity contribution < 1.29 is 17.9 Å². The SMILES string of the molecule is CCS(=O)(=O)N1C[C@H](C(=O)Nc2ccc(C(C)C)cc2)Oc2ccccc21. The molecule has 27 heavy (non-hydrogen) atoms. The molecule has 0 radical (unpaired) electrons. The number of anilines is 2. The number of carbonyl (C=O) groups is 1. The number of rotatable bonds is 5. The Bertz CT molecular complexity index is 923. The van der Waals surface area contributed by atoms with Crippen LogP contribution in [0, 0.1) is 0 Å². The summed E-state index contributed by atoms with van der Waals surface area (Å²) in [5, 5.41) is 2.81. The number of fused-ring (bicyclic) bond motifs is 1. The van der Waals surface area contributed by atoms with Gasteiger partial charge in [0.1, 0.15) is 5.75 Å². The van der Waals surface area contributed by atoms with E-state index in [1.165, 1.54) is 9.87 Å². The Morgan fingerprint density at radius 2 is 1.85 bits per heavy atom. The van der Waals surface area contributed by atoms with Gasteiger partial charge in [-0.05, 0) is 42.7 Å². The van der Waals surface area contributed by atoms with Crippen LogP contribution in [-0.4, -0.2) is 32.7 Å². The molecule has 1 heterocycles. The standard InChI is InChI=1S/C20H24N2O4S/c1-4-27(24,25)22-13-19(26-18-8-6-5-7-17(18)22)20(23)21-16-11-9-15(10-12-16)14(2)3/h5-12,14,19H,4,13H2,1-3H3,(H,21,23)/t19-/m1/s1. The lowest BCUT2D eigenvalue weighted by molar-refractivity contribution is -0.122. The van der Waals surface area contributed by atoms with E-state index in [9.17, 15) is 13.2 Å². The van der Waals surface area contributed by atoms with Gasteiger partial charge in [-0.1, -0.05) is 38.1 Å². The van der Waals surface area contributed by atoms with E-state index in [-0.39, 0.29) is 18.2 Å². The Morgan fingerprint density at radius 1 is 1.19 bits per heavy atom. The van der Waals surface area contributed by atoms with Gasteiger partial charge < -0.3 is 10.1 Å². The van der Waals surface area contributed by atoms with E-state index in [2.05, 4.69) is 19.2 Å². The van der Waals surface area contributed by atoms with Crippen molar-refractivity contribution in [3.8, 4) is 5.75 Å². The molecule has 2 aromatic carbocycles. The van der Waals surface area contributed by atoms with Crippen molar-refractivity contribution in [1.82, 2.24) is 0 Å². The second-order valence-electron chi connectivity index (χ2n) is 6.77. The fourth-order valence-corrected chi connectivity index (χ4v) is 4.06. The van der Waals surface area contributed by atoms with Gasteiger partial charge in [-0.2, -0.15) is 0 Å². The zero-order valence-electron chi connectivity index (χ0n) is 15.7. The summed E-state index contributed by atoms with van der Waals surface area (Å²) in [6.07, 6.45) is -0.925. The molecule has 0 fully saturated rings. The van der Waals surface area contributed by atoms with Crippen molar-refractivity contribution in [2.75, 3.05) is 21.9 Å². The van der Waals surface area contributed by atoms with Crippen LogP contribution >= 0.6 is 0 Å². The molecule has 0 saturated heterocycles. The molecule has 1 amide bonds. The van der Waals surface area contributed by atoms with Crippen LogP contribution in [0.2, 0.25) is 0 Å². The van der Waals surface area contributed by atoms with Gasteiger partial charge in [-0.25, -0.2) is 8.42 Å². The number of para-hydroxylation sites is 2. The molecule has 0 aromatic heterocycles. The van der Waals surface area contributed by atoms with E-state index >= 15 is 0 Å². The second-order valence-corrected chi connectivity index (χ2v) is 8.95. The minimum absolute atomic E-state index is 0.0493. The Hall–Kier alpha value is -2.54. The van der Waals surface area contributed by atoms with Gasteiger partial charge in [0.05, 0.1) is 18.0 Å². The summed E-state index contributed by atoms with van der Waals surface area (Å²) in [5.74, 6) is 0.363. The maximum Gasteiger partial charge on any atom is 0.267 e. The number of benzene rings is 2. The fourth-order valence-electron chi connectivity index (χ4n) is 2.93. The molecular formula is C20H24N2O4S. The van der Waals surface area contributed by atoms with Gasteiger partial charge in [0.25, 0.3) is 5.91 Å². The largest absolute Gasteiger partial charge is 0.476 e. The summed E-state index contributed by atoms with van der Waals surface area (Å²) in [5.41, 5.74) is 2.29. The predicted octanol–water partition coefficient (Wildman–Crippen LogP) is 3.37. The molecule has 1 N–H and O–H groups in total. The first-order valence-electron chi connectivity index (χ1n) is 8.98. The number of carbonyl (C=O) groups excluding carboxylic acids is 1. The van der Waals surface area contributed by atoms with Crippen LogP contribution in [0.1, 0.15) is 32.3 Å². The Labute approximate surface area is 160 Å². The van der Waals surface area contributed by atoms with Gasteiger partial charge in [0.15, 0.2) is 6.10 Å². The summed E-state index contributed by atoms with van der Waals surface area (Å²) in [4.78, 5) is 12.7. The molecular weight excluding hydrogens is 364 g/mol. The van der Waals surface area contributed by atoms with Crippen molar-refractivity contribution >= 4 is 27.3 Å². The molecule has 1 aliphatic heterocycles. The van der Waals surface area contributed by atoms with E-state index in [1.807, 2.05) is 24.3 Å². The van der Waals surface area contributed by atoms with Crippen LogP contribution < -0.4 is 14.4 Å². The van der Waals surface area contributed by atoms with E-state index in [0.717, 1.165) is 0 Å². The summed E-state index contributed by atoms with van der Waals surface area (Å²) in [6.45, 7) is 5.73. The number of ether oxygens (including phenoxy) is 1. The predicted molar refractivity (Wildman–Crippen MR) is 107 cm³/mol. The molecule has 2 aromatic rings. The van der Waals surface area contributed by atoms with E-state index < -0.39 is 16.1 Å². The first-order chi connectivity index (χ1) is 12.8. The summed E-state index contributed by atoms with van der Waals surface area (Å²) < 4.78 is 32.0. The van der Waals surface area contributed by atoms with Crippen molar-refractivity contribution in [2.45, 2.75) is 32.8 Å². The van der Waals surface area contributed by atoms with Crippen LogP contribution in [0.15, 0.2) is 48.5 Å². The molecule has 1 aliphatic rings. The van der Waals surface area contributed by atoms with Gasteiger partial charge >= 0.3 is 0 Å². The molecule has 0 aliphatic carbocycles. The number of sulfonamides is 1. The molecule has 0 bridgehead atoms. The van der Waals surface area contributed by atoms with Gasteiger partial charge in [0.2, 0.25) is 10.0 Å². The molecule has 0 saturated carbocycles. The molecule has 144 valence electrons. The monoisotopic (exact) mass is 388 g/mol. The van der Waals surface area contributed by atoms with Crippen molar-refractivity contribution in [3.05, 3.63) is 54.1 Å². The molecule has 0 unspecified atom stereocenters. The first-order valence-corrected chi connectivity index (χ1v) is 10.6. The Kier molecular flexibility index (Phi) is 5.41. The third-order valence-electron chi connectivity index (χ3n) is 4.57. The molecule has 6 nitrogen and oxygen atoms in total. The third-order valence-corrected chi connectivity index (χ3v) is 6.32. The molecule has 3 rings (SSSR count). The minimum atomic E-state index is -3.52. The number of amides is 1. The molecule has 1 atom stereocenters. The van der Waals surface area contributed by atoms with Crippen molar-refractivity contribution in [2.24, 2.45) is 0 Å². The highest BCUT2D eigenvalue weighted by molar-refractivity contribution is 7.92.